The lowest BCUT2D eigenvalue weighted by Gasteiger charge is -2.10. The Hall–Kier alpha value is -1.13. The normalized spacial score (nSPS) is 16.9. The molecule has 1 aromatic rings. The molecule has 0 spiro atoms. The van der Waals surface area contributed by atoms with Crippen molar-refractivity contribution < 1.29 is 18.6 Å². The molecule has 0 unspecified atom stereocenters. The molecule has 82 valence electrons. The molecular formula is C11H13FO3. The van der Waals surface area contributed by atoms with Gasteiger partial charge in [-0.15, -0.1) is 0 Å². The molecule has 2 rings (SSSR count). The summed E-state index contributed by atoms with van der Waals surface area (Å²) in [5.41, 5.74) is 0. The SMILES string of the molecule is Fc1ccccc1OCCC1OCCO1. The van der Waals surface area contributed by atoms with E-state index in [4.69, 9.17) is 14.2 Å². The first-order valence-electron chi connectivity index (χ1n) is 4.97. The fourth-order valence-corrected chi connectivity index (χ4v) is 1.40. The lowest BCUT2D eigenvalue weighted by molar-refractivity contribution is -0.0533. The molecule has 0 amide bonds. The number of para-hydroxylation sites is 1. The second-order valence-corrected chi connectivity index (χ2v) is 3.24. The smallest absolute Gasteiger partial charge is 0.165 e. The predicted molar refractivity (Wildman–Crippen MR) is 52.2 cm³/mol. The molecule has 1 fully saturated rings. The maximum atomic E-state index is 13.1. The summed E-state index contributed by atoms with van der Waals surface area (Å²) in [6.45, 7) is 1.65. The van der Waals surface area contributed by atoms with Crippen molar-refractivity contribution in [3.05, 3.63) is 30.1 Å². The first kappa shape index (κ1) is 10.4. The highest BCUT2D eigenvalue weighted by Gasteiger charge is 2.15. The van der Waals surface area contributed by atoms with Crippen LogP contribution in [0.1, 0.15) is 6.42 Å². The van der Waals surface area contributed by atoms with Crippen molar-refractivity contribution in [3.63, 3.8) is 0 Å². The largest absolute Gasteiger partial charge is 0.490 e. The van der Waals surface area contributed by atoms with E-state index in [-0.39, 0.29) is 17.9 Å². The van der Waals surface area contributed by atoms with Crippen molar-refractivity contribution in [2.75, 3.05) is 19.8 Å². The van der Waals surface area contributed by atoms with Crippen LogP contribution in [0, 0.1) is 5.82 Å². The van der Waals surface area contributed by atoms with Gasteiger partial charge in [0.05, 0.1) is 19.8 Å². The van der Waals surface area contributed by atoms with Crippen molar-refractivity contribution in [1.82, 2.24) is 0 Å². The van der Waals surface area contributed by atoms with Crippen LogP contribution in [0.25, 0.3) is 0 Å². The molecule has 1 aliphatic rings. The van der Waals surface area contributed by atoms with E-state index in [0.29, 0.717) is 26.2 Å². The standard InChI is InChI=1S/C11H13FO3/c12-9-3-1-2-4-10(9)13-6-5-11-14-7-8-15-11/h1-4,11H,5-8H2. The molecular weight excluding hydrogens is 199 g/mol. The number of hydrogen-bond acceptors (Lipinski definition) is 3. The Morgan fingerprint density at radius 3 is 2.73 bits per heavy atom. The molecule has 1 saturated heterocycles. The maximum absolute atomic E-state index is 13.1. The van der Waals surface area contributed by atoms with Crippen molar-refractivity contribution in [2.45, 2.75) is 12.7 Å². The van der Waals surface area contributed by atoms with Gasteiger partial charge in [0.15, 0.2) is 17.9 Å². The summed E-state index contributed by atoms with van der Waals surface area (Å²) in [7, 11) is 0. The van der Waals surface area contributed by atoms with Gasteiger partial charge < -0.3 is 14.2 Å². The Morgan fingerprint density at radius 2 is 2.00 bits per heavy atom. The number of halogens is 1. The van der Waals surface area contributed by atoms with Gasteiger partial charge >= 0.3 is 0 Å². The van der Waals surface area contributed by atoms with Crippen molar-refractivity contribution in [2.24, 2.45) is 0 Å². The summed E-state index contributed by atoms with van der Waals surface area (Å²) in [4.78, 5) is 0. The molecule has 0 aromatic heterocycles. The Bertz CT molecular complexity index is 310. The summed E-state index contributed by atoms with van der Waals surface area (Å²) >= 11 is 0. The zero-order valence-electron chi connectivity index (χ0n) is 8.32. The third-order valence-electron chi connectivity index (χ3n) is 2.14. The number of benzene rings is 1. The van der Waals surface area contributed by atoms with Crippen LogP contribution < -0.4 is 4.74 Å². The molecule has 0 radical (unpaired) electrons. The highest BCUT2D eigenvalue weighted by Crippen LogP contribution is 2.16. The third kappa shape index (κ3) is 2.91. The van der Waals surface area contributed by atoms with E-state index in [9.17, 15) is 4.39 Å². The average molecular weight is 212 g/mol. The van der Waals surface area contributed by atoms with E-state index >= 15 is 0 Å². The van der Waals surface area contributed by atoms with Crippen molar-refractivity contribution in [3.8, 4) is 5.75 Å². The number of hydrogen-bond donors (Lipinski definition) is 0. The summed E-state index contributed by atoms with van der Waals surface area (Å²) < 4.78 is 28.8. The molecule has 0 N–H and O–H groups in total. The Kier molecular flexibility index (Phi) is 3.53. The van der Waals surface area contributed by atoms with Crippen LogP contribution in [0.5, 0.6) is 5.75 Å². The fraction of sp³-hybridized carbons (Fsp3) is 0.455. The van der Waals surface area contributed by atoms with Crippen LogP contribution in [0.4, 0.5) is 4.39 Å². The van der Waals surface area contributed by atoms with E-state index < -0.39 is 0 Å². The van der Waals surface area contributed by atoms with Gasteiger partial charge in [0.2, 0.25) is 0 Å². The second-order valence-electron chi connectivity index (χ2n) is 3.24. The molecule has 0 atom stereocenters. The van der Waals surface area contributed by atoms with Crippen molar-refractivity contribution >= 4 is 0 Å². The van der Waals surface area contributed by atoms with Gasteiger partial charge in [-0.3, -0.25) is 0 Å². The topological polar surface area (TPSA) is 27.7 Å². The first-order valence-corrected chi connectivity index (χ1v) is 4.97. The van der Waals surface area contributed by atoms with Gasteiger partial charge in [0.25, 0.3) is 0 Å². The van der Waals surface area contributed by atoms with Crippen LogP contribution >= 0.6 is 0 Å². The second kappa shape index (κ2) is 5.09. The van der Waals surface area contributed by atoms with E-state index in [0.717, 1.165) is 0 Å². The average Bonchev–Trinajstić information content (AvgIpc) is 2.74. The minimum absolute atomic E-state index is 0.197. The minimum atomic E-state index is -0.342. The van der Waals surface area contributed by atoms with E-state index in [2.05, 4.69) is 0 Å². The summed E-state index contributed by atoms with van der Waals surface area (Å²) in [5, 5.41) is 0. The minimum Gasteiger partial charge on any atom is -0.490 e. The van der Waals surface area contributed by atoms with E-state index in [1.165, 1.54) is 6.07 Å². The van der Waals surface area contributed by atoms with Crippen LogP contribution in [-0.4, -0.2) is 26.1 Å². The van der Waals surface area contributed by atoms with Gasteiger partial charge in [-0.1, -0.05) is 12.1 Å². The van der Waals surface area contributed by atoms with E-state index in [1.807, 2.05) is 0 Å². The van der Waals surface area contributed by atoms with Crippen molar-refractivity contribution in [1.29, 1.82) is 0 Å². The summed E-state index contributed by atoms with van der Waals surface area (Å²) in [5.74, 6) is -0.0683. The molecule has 15 heavy (non-hydrogen) atoms. The lowest BCUT2D eigenvalue weighted by atomic mass is 10.3. The zero-order chi connectivity index (χ0) is 10.5. The summed E-state index contributed by atoms with van der Waals surface area (Å²) in [6, 6.07) is 6.34. The monoisotopic (exact) mass is 212 g/mol. The highest BCUT2D eigenvalue weighted by molar-refractivity contribution is 5.23. The molecule has 1 heterocycles. The van der Waals surface area contributed by atoms with Gasteiger partial charge in [-0.05, 0) is 12.1 Å². The quantitative estimate of drug-likeness (QED) is 0.763. The van der Waals surface area contributed by atoms with Gasteiger partial charge in [0.1, 0.15) is 0 Å². The fourth-order valence-electron chi connectivity index (χ4n) is 1.40. The third-order valence-corrected chi connectivity index (χ3v) is 2.14. The van der Waals surface area contributed by atoms with Crippen LogP contribution in [0.3, 0.4) is 0 Å². The molecule has 1 aliphatic heterocycles. The molecule has 0 aliphatic carbocycles. The lowest BCUT2D eigenvalue weighted by Crippen LogP contribution is -2.12. The Morgan fingerprint density at radius 1 is 1.27 bits per heavy atom. The Labute approximate surface area is 87.8 Å². The summed E-state index contributed by atoms with van der Waals surface area (Å²) in [6.07, 6.45) is 0.422. The van der Waals surface area contributed by atoms with Gasteiger partial charge in [-0.2, -0.15) is 0 Å². The predicted octanol–water partition coefficient (Wildman–Crippen LogP) is 1.97. The van der Waals surface area contributed by atoms with Crippen LogP contribution in [0.2, 0.25) is 0 Å². The number of rotatable bonds is 4. The Balaban J connectivity index is 1.75. The van der Waals surface area contributed by atoms with Crippen LogP contribution in [0.15, 0.2) is 24.3 Å². The maximum Gasteiger partial charge on any atom is 0.165 e. The van der Waals surface area contributed by atoms with E-state index in [1.54, 1.807) is 18.2 Å². The first-order chi connectivity index (χ1) is 7.36. The molecule has 3 nitrogen and oxygen atoms in total. The van der Waals surface area contributed by atoms with Gasteiger partial charge in [0, 0.05) is 6.42 Å². The van der Waals surface area contributed by atoms with Crippen LogP contribution in [-0.2, 0) is 9.47 Å². The number of ether oxygens (including phenoxy) is 3. The van der Waals surface area contributed by atoms with Gasteiger partial charge in [-0.25, -0.2) is 4.39 Å². The molecule has 1 aromatic carbocycles. The molecule has 0 bridgehead atoms. The zero-order valence-corrected chi connectivity index (χ0v) is 8.32. The molecule has 0 saturated carbocycles. The molecule has 4 heteroatoms. The highest BCUT2D eigenvalue weighted by atomic mass is 19.1.